The largest absolute Gasteiger partial charge is 0.398 e. The Morgan fingerprint density at radius 1 is 1.44 bits per heavy atom. The summed E-state index contributed by atoms with van der Waals surface area (Å²) < 4.78 is 0. The van der Waals surface area contributed by atoms with E-state index in [2.05, 4.69) is 11.9 Å². The molecular weight excluding hydrogens is 224 g/mol. The minimum atomic E-state index is -0.189. The van der Waals surface area contributed by atoms with Gasteiger partial charge in [0.25, 0.3) is 5.91 Å². The fourth-order valence-corrected chi connectivity index (χ4v) is 1.45. The number of nitrogens with one attached hydrogen (secondary N) is 1. The molecule has 0 radical (unpaired) electrons. The van der Waals surface area contributed by atoms with Crippen molar-refractivity contribution >= 4 is 23.2 Å². The van der Waals surface area contributed by atoms with Crippen LogP contribution in [0.2, 0.25) is 0 Å². The molecule has 0 spiro atoms. The molecule has 0 saturated heterocycles. The number of amides is 1. The standard InChI is InChI=1S/C12H15ClN2O/c1-7-4-8(2)11(14)5-10(7)12(16)15-6-9(3)13/h4-5H,3,6,14H2,1-2H3,(H,15,16). The van der Waals surface area contributed by atoms with Crippen LogP contribution in [0.4, 0.5) is 5.69 Å². The molecule has 0 aliphatic carbocycles. The van der Waals surface area contributed by atoms with E-state index in [0.29, 0.717) is 16.3 Å². The molecule has 0 aliphatic heterocycles. The van der Waals surface area contributed by atoms with E-state index in [0.717, 1.165) is 11.1 Å². The number of hydrogen-bond donors (Lipinski definition) is 2. The van der Waals surface area contributed by atoms with E-state index < -0.39 is 0 Å². The summed E-state index contributed by atoms with van der Waals surface area (Å²) in [5, 5.41) is 3.05. The maximum Gasteiger partial charge on any atom is 0.251 e. The van der Waals surface area contributed by atoms with Crippen molar-refractivity contribution in [2.45, 2.75) is 13.8 Å². The lowest BCUT2D eigenvalue weighted by molar-refractivity contribution is 0.0957. The molecule has 1 rings (SSSR count). The third kappa shape index (κ3) is 3.00. The summed E-state index contributed by atoms with van der Waals surface area (Å²) in [5.74, 6) is -0.189. The number of rotatable bonds is 3. The van der Waals surface area contributed by atoms with Crippen molar-refractivity contribution in [1.82, 2.24) is 5.32 Å². The summed E-state index contributed by atoms with van der Waals surface area (Å²) in [6, 6.07) is 3.57. The number of anilines is 1. The lowest BCUT2D eigenvalue weighted by Gasteiger charge is -2.09. The SMILES string of the molecule is C=C(Cl)CNC(=O)c1cc(N)c(C)cc1C. The smallest absolute Gasteiger partial charge is 0.251 e. The van der Waals surface area contributed by atoms with Gasteiger partial charge in [-0.25, -0.2) is 0 Å². The van der Waals surface area contributed by atoms with Gasteiger partial charge in [-0.2, -0.15) is 0 Å². The zero-order valence-electron chi connectivity index (χ0n) is 9.43. The lowest BCUT2D eigenvalue weighted by Crippen LogP contribution is -2.25. The third-order valence-electron chi connectivity index (χ3n) is 2.30. The van der Waals surface area contributed by atoms with Gasteiger partial charge in [-0.3, -0.25) is 4.79 Å². The number of carbonyl (C=O) groups is 1. The van der Waals surface area contributed by atoms with Crippen LogP contribution in [0.1, 0.15) is 21.5 Å². The number of benzene rings is 1. The van der Waals surface area contributed by atoms with Crippen molar-refractivity contribution in [3.63, 3.8) is 0 Å². The van der Waals surface area contributed by atoms with Crippen molar-refractivity contribution < 1.29 is 4.79 Å². The Balaban J connectivity index is 2.91. The van der Waals surface area contributed by atoms with Gasteiger partial charge in [0, 0.05) is 16.3 Å². The normalized spacial score (nSPS) is 9.94. The number of nitrogen functional groups attached to an aromatic ring is 1. The Hall–Kier alpha value is -1.48. The quantitative estimate of drug-likeness (QED) is 0.795. The molecule has 0 fully saturated rings. The summed E-state index contributed by atoms with van der Waals surface area (Å²) in [6.07, 6.45) is 0. The highest BCUT2D eigenvalue weighted by molar-refractivity contribution is 6.29. The van der Waals surface area contributed by atoms with E-state index in [1.807, 2.05) is 19.9 Å². The second kappa shape index (κ2) is 5.03. The van der Waals surface area contributed by atoms with Crippen molar-refractivity contribution in [2.24, 2.45) is 0 Å². The number of hydrogen-bond acceptors (Lipinski definition) is 2. The summed E-state index contributed by atoms with van der Waals surface area (Å²) in [7, 11) is 0. The molecule has 0 atom stereocenters. The highest BCUT2D eigenvalue weighted by atomic mass is 35.5. The number of halogens is 1. The first-order valence-electron chi connectivity index (χ1n) is 4.90. The summed E-state index contributed by atoms with van der Waals surface area (Å²) in [6.45, 7) is 7.54. The van der Waals surface area contributed by atoms with E-state index in [4.69, 9.17) is 17.3 Å². The van der Waals surface area contributed by atoms with E-state index >= 15 is 0 Å². The van der Waals surface area contributed by atoms with Crippen molar-refractivity contribution in [3.8, 4) is 0 Å². The van der Waals surface area contributed by atoms with Gasteiger partial charge in [-0.15, -0.1) is 0 Å². The van der Waals surface area contributed by atoms with Gasteiger partial charge >= 0.3 is 0 Å². The first-order valence-corrected chi connectivity index (χ1v) is 5.28. The van der Waals surface area contributed by atoms with Crippen LogP contribution in [-0.4, -0.2) is 12.5 Å². The van der Waals surface area contributed by atoms with E-state index in [1.54, 1.807) is 6.07 Å². The molecule has 0 bridgehead atoms. The number of carbonyl (C=O) groups excluding carboxylic acids is 1. The van der Waals surface area contributed by atoms with Crippen LogP contribution >= 0.6 is 11.6 Å². The monoisotopic (exact) mass is 238 g/mol. The molecule has 0 aromatic heterocycles. The van der Waals surface area contributed by atoms with Crippen molar-refractivity contribution in [2.75, 3.05) is 12.3 Å². The zero-order chi connectivity index (χ0) is 12.3. The molecule has 3 nitrogen and oxygen atoms in total. The van der Waals surface area contributed by atoms with E-state index in [1.165, 1.54) is 0 Å². The molecule has 16 heavy (non-hydrogen) atoms. The number of aryl methyl sites for hydroxylation is 2. The van der Waals surface area contributed by atoms with Gasteiger partial charge in [0.05, 0.1) is 6.54 Å². The maximum absolute atomic E-state index is 11.8. The summed E-state index contributed by atoms with van der Waals surface area (Å²) in [4.78, 5) is 11.8. The van der Waals surface area contributed by atoms with Gasteiger partial charge in [0.15, 0.2) is 0 Å². The molecule has 0 saturated carbocycles. The Morgan fingerprint density at radius 3 is 2.62 bits per heavy atom. The van der Waals surface area contributed by atoms with Gasteiger partial charge in [0.2, 0.25) is 0 Å². The zero-order valence-corrected chi connectivity index (χ0v) is 10.2. The average molecular weight is 239 g/mol. The third-order valence-corrected chi connectivity index (χ3v) is 2.43. The van der Waals surface area contributed by atoms with E-state index in [-0.39, 0.29) is 12.5 Å². The molecular formula is C12H15ClN2O. The van der Waals surface area contributed by atoms with Crippen LogP contribution in [-0.2, 0) is 0 Å². The van der Waals surface area contributed by atoms with Crippen molar-refractivity contribution in [1.29, 1.82) is 0 Å². The topological polar surface area (TPSA) is 55.1 Å². The van der Waals surface area contributed by atoms with E-state index in [9.17, 15) is 4.79 Å². The first kappa shape index (κ1) is 12.6. The molecule has 0 heterocycles. The number of nitrogens with two attached hydrogens (primary N) is 1. The molecule has 1 aromatic carbocycles. The maximum atomic E-state index is 11.8. The minimum Gasteiger partial charge on any atom is -0.398 e. The van der Waals surface area contributed by atoms with Gasteiger partial charge < -0.3 is 11.1 Å². The fourth-order valence-electron chi connectivity index (χ4n) is 1.39. The van der Waals surface area contributed by atoms with Crippen LogP contribution < -0.4 is 11.1 Å². The predicted molar refractivity (Wildman–Crippen MR) is 67.7 cm³/mol. The van der Waals surface area contributed by atoms with Crippen LogP contribution in [0.15, 0.2) is 23.7 Å². The molecule has 1 aromatic rings. The van der Waals surface area contributed by atoms with Crippen LogP contribution in [0.3, 0.4) is 0 Å². The molecule has 3 N–H and O–H groups in total. The second-order valence-electron chi connectivity index (χ2n) is 3.72. The second-order valence-corrected chi connectivity index (χ2v) is 4.26. The highest BCUT2D eigenvalue weighted by Gasteiger charge is 2.10. The molecule has 0 aliphatic rings. The van der Waals surface area contributed by atoms with Crippen LogP contribution in [0, 0.1) is 13.8 Å². The Morgan fingerprint density at radius 2 is 2.06 bits per heavy atom. The van der Waals surface area contributed by atoms with Crippen molar-refractivity contribution in [3.05, 3.63) is 40.4 Å². The molecule has 4 heteroatoms. The summed E-state index contributed by atoms with van der Waals surface area (Å²) in [5.41, 5.74) is 8.80. The predicted octanol–water partition coefficient (Wildman–Crippen LogP) is 2.37. The molecule has 86 valence electrons. The molecule has 0 unspecified atom stereocenters. The average Bonchev–Trinajstić information content (AvgIpc) is 2.20. The van der Waals surface area contributed by atoms with Crippen LogP contribution in [0.5, 0.6) is 0 Å². The lowest BCUT2D eigenvalue weighted by atomic mass is 10.0. The molecule has 1 amide bonds. The highest BCUT2D eigenvalue weighted by Crippen LogP contribution is 2.17. The first-order chi connectivity index (χ1) is 7.41. The van der Waals surface area contributed by atoms with Gasteiger partial charge in [0.1, 0.15) is 0 Å². The Bertz CT molecular complexity index is 441. The fraction of sp³-hybridized carbons (Fsp3) is 0.250. The Kier molecular flexibility index (Phi) is 3.96. The summed E-state index contributed by atoms with van der Waals surface area (Å²) >= 11 is 5.57. The Labute approximate surface area is 100 Å². The van der Waals surface area contributed by atoms with Crippen LogP contribution in [0.25, 0.3) is 0 Å². The minimum absolute atomic E-state index is 0.189. The van der Waals surface area contributed by atoms with Gasteiger partial charge in [-0.1, -0.05) is 24.2 Å². The van der Waals surface area contributed by atoms with Gasteiger partial charge in [-0.05, 0) is 31.0 Å².